The Bertz CT molecular complexity index is 523. The van der Waals surface area contributed by atoms with Gasteiger partial charge in [0.2, 0.25) is 0 Å². The third-order valence-corrected chi connectivity index (χ3v) is 3.54. The van der Waals surface area contributed by atoms with Crippen molar-refractivity contribution in [1.29, 1.82) is 0 Å². The van der Waals surface area contributed by atoms with Gasteiger partial charge in [-0.05, 0) is 43.9 Å². The molecule has 1 saturated carbocycles. The first-order valence-electron chi connectivity index (χ1n) is 6.77. The molecule has 2 rings (SSSR count). The Morgan fingerprint density at radius 2 is 1.90 bits per heavy atom. The summed E-state index contributed by atoms with van der Waals surface area (Å²) in [7, 11) is 0. The van der Waals surface area contributed by atoms with E-state index in [-0.39, 0.29) is 17.4 Å². The van der Waals surface area contributed by atoms with Gasteiger partial charge in [0.15, 0.2) is 5.84 Å². The molecule has 7 heteroatoms. The monoisotopic (exact) mass is 302 g/mol. The molecule has 0 bridgehead atoms. The summed E-state index contributed by atoms with van der Waals surface area (Å²) in [5.74, 6) is -0.421. The van der Waals surface area contributed by atoms with Crippen molar-refractivity contribution in [2.45, 2.75) is 44.4 Å². The average molecular weight is 302 g/mol. The van der Waals surface area contributed by atoms with Crippen molar-refractivity contribution in [1.82, 2.24) is 0 Å². The van der Waals surface area contributed by atoms with Crippen molar-refractivity contribution in [3.63, 3.8) is 0 Å². The predicted octanol–water partition coefficient (Wildman–Crippen LogP) is 3.51. The summed E-state index contributed by atoms with van der Waals surface area (Å²) < 4.78 is 44.8. The van der Waals surface area contributed by atoms with Crippen LogP contribution in [0.25, 0.3) is 0 Å². The highest BCUT2D eigenvalue weighted by molar-refractivity contribution is 5.98. The summed E-state index contributed by atoms with van der Waals surface area (Å²) >= 11 is 0. The number of alkyl halides is 3. The molecule has 0 spiro atoms. The van der Waals surface area contributed by atoms with Gasteiger partial charge in [0.25, 0.3) is 0 Å². The average Bonchev–Trinajstić information content (AvgIpc) is 2.46. The summed E-state index contributed by atoms with van der Waals surface area (Å²) in [5, 5.41) is 11.2. The molecule has 0 unspecified atom stereocenters. The van der Waals surface area contributed by atoms with Crippen molar-refractivity contribution in [2.75, 3.05) is 0 Å². The van der Waals surface area contributed by atoms with Crippen LogP contribution in [0.4, 0.5) is 13.2 Å². The van der Waals surface area contributed by atoms with E-state index in [0.717, 1.165) is 44.2 Å². The molecule has 0 saturated heterocycles. The third kappa shape index (κ3) is 3.80. The second-order valence-electron chi connectivity index (χ2n) is 5.07. The molecule has 0 radical (unpaired) electrons. The number of hydrogen-bond acceptors (Lipinski definition) is 3. The van der Waals surface area contributed by atoms with Crippen LogP contribution in [0.15, 0.2) is 23.4 Å². The Morgan fingerprint density at radius 3 is 2.48 bits per heavy atom. The van der Waals surface area contributed by atoms with Crippen molar-refractivity contribution in [2.24, 2.45) is 10.9 Å². The minimum atomic E-state index is -4.60. The molecular formula is C14H17F3N2O2. The fourth-order valence-corrected chi connectivity index (χ4v) is 2.48. The first-order chi connectivity index (χ1) is 9.91. The van der Waals surface area contributed by atoms with Gasteiger partial charge in [0.05, 0.1) is 11.7 Å². The van der Waals surface area contributed by atoms with Crippen molar-refractivity contribution < 1.29 is 23.1 Å². The van der Waals surface area contributed by atoms with Crippen molar-refractivity contribution in [3.8, 4) is 5.75 Å². The van der Waals surface area contributed by atoms with Gasteiger partial charge in [0.1, 0.15) is 5.75 Å². The van der Waals surface area contributed by atoms with Crippen LogP contribution in [0, 0.1) is 0 Å². The van der Waals surface area contributed by atoms with Crippen LogP contribution >= 0.6 is 0 Å². The fourth-order valence-electron chi connectivity index (χ4n) is 2.48. The van der Waals surface area contributed by atoms with Gasteiger partial charge >= 0.3 is 6.18 Å². The summed E-state index contributed by atoms with van der Waals surface area (Å²) in [6.07, 6.45) is 0.242. The molecule has 1 fully saturated rings. The van der Waals surface area contributed by atoms with E-state index < -0.39 is 17.6 Å². The van der Waals surface area contributed by atoms with E-state index in [9.17, 15) is 13.2 Å². The number of nitrogens with zero attached hydrogens (tertiary/aromatic N) is 1. The Labute approximate surface area is 120 Å². The van der Waals surface area contributed by atoms with Gasteiger partial charge in [-0.1, -0.05) is 11.6 Å². The number of oxime groups is 1. The second-order valence-corrected chi connectivity index (χ2v) is 5.07. The number of halogens is 3. The predicted molar refractivity (Wildman–Crippen MR) is 71.5 cm³/mol. The highest BCUT2D eigenvalue weighted by Crippen LogP contribution is 2.35. The quantitative estimate of drug-likeness (QED) is 0.388. The van der Waals surface area contributed by atoms with E-state index in [4.69, 9.17) is 15.7 Å². The number of ether oxygens (including phenoxy) is 1. The Hall–Kier alpha value is -1.92. The summed E-state index contributed by atoms with van der Waals surface area (Å²) in [5.41, 5.74) is 3.96. The molecule has 0 atom stereocenters. The molecule has 21 heavy (non-hydrogen) atoms. The van der Waals surface area contributed by atoms with Gasteiger partial charge in [-0.2, -0.15) is 13.2 Å². The summed E-state index contributed by atoms with van der Waals surface area (Å²) in [6, 6.07) is 3.48. The molecule has 4 nitrogen and oxygen atoms in total. The summed E-state index contributed by atoms with van der Waals surface area (Å²) in [4.78, 5) is 0. The van der Waals surface area contributed by atoms with E-state index in [1.165, 1.54) is 6.07 Å². The van der Waals surface area contributed by atoms with E-state index >= 15 is 0 Å². The zero-order valence-corrected chi connectivity index (χ0v) is 11.4. The van der Waals surface area contributed by atoms with Crippen LogP contribution in [-0.4, -0.2) is 17.1 Å². The first-order valence-corrected chi connectivity index (χ1v) is 6.77. The zero-order valence-electron chi connectivity index (χ0n) is 11.4. The lowest BCUT2D eigenvalue weighted by Gasteiger charge is -2.23. The second kappa shape index (κ2) is 6.24. The summed E-state index contributed by atoms with van der Waals surface area (Å²) in [6.45, 7) is 0. The van der Waals surface area contributed by atoms with Gasteiger partial charge in [-0.3, -0.25) is 0 Å². The number of rotatable bonds is 3. The topological polar surface area (TPSA) is 67.8 Å². The lowest BCUT2D eigenvalue weighted by Crippen LogP contribution is -2.22. The number of hydrogen-bond donors (Lipinski definition) is 2. The molecule has 0 aliphatic heterocycles. The smallest absolute Gasteiger partial charge is 0.417 e. The van der Waals surface area contributed by atoms with E-state index in [1.54, 1.807) is 0 Å². The molecule has 1 aliphatic carbocycles. The van der Waals surface area contributed by atoms with Crippen LogP contribution < -0.4 is 10.5 Å². The molecule has 1 aromatic carbocycles. The van der Waals surface area contributed by atoms with Gasteiger partial charge in [0, 0.05) is 5.56 Å². The molecule has 0 heterocycles. The molecule has 116 valence electrons. The van der Waals surface area contributed by atoms with Gasteiger partial charge in [-0.25, -0.2) is 0 Å². The maximum absolute atomic E-state index is 13.1. The number of benzene rings is 1. The lowest BCUT2D eigenvalue weighted by molar-refractivity contribution is -0.137. The highest BCUT2D eigenvalue weighted by atomic mass is 19.4. The lowest BCUT2D eigenvalue weighted by atomic mass is 9.97. The molecule has 0 amide bonds. The number of amidine groups is 1. The van der Waals surface area contributed by atoms with Gasteiger partial charge < -0.3 is 15.7 Å². The molecule has 1 aromatic rings. The third-order valence-electron chi connectivity index (χ3n) is 3.54. The van der Waals surface area contributed by atoms with Crippen molar-refractivity contribution in [3.05, 3.63) is 29.3 Å². The minimum absolute atomic E-state index is 0.0467. The van der Waals surface area contributed by atoms with E-state index in [1.807, 2.05) is 0 Å². The van der Waals surface area contributed by atoms with Crippen LogP contribution in [0.1, 0.15) is 43.2 Å². The maximum atomic E-state index is 13.1. The maximum Gasteiger partial charge on any atom is 0.417 e. The molecule has 0 aromatic heterocycles. The normalized spacial score (nSPS) is 17.8. The standard InChI is InChI=1S/C14H17F3N2O2/c15-14(16,17)12-8-10(6-7-11(12)13(18)19-20)21-9-4-2-1-3-5-9/h6-9,20H,1-5H2,(H2,18,19). The minimum Gasteiger partial charge on any atom is -0.490 e. The molecular weight excluding hydrogens is 285 g/mol. The first kappa shape index (κ1) is 15.5. The van der Waals surface area contributed by atoms with Crippen LogP contribution in [-0.2, 0) is 6.18 Å². The van der Waals surface area contributed by atoms with Crippen LogP contribution in [0.5, 0.6) is 5.75 Å². The fraction of sp³-hybridized carbons (Fsp3) is 0.500. The zero-order chi connectivity index (χ0) is 15.5. The largest absolute Gasteiger partial charge is 0.490 e. The van der Waals surface area contributed by atoms with Crippen LogP contribution in [0.2, 0.25) is 0 Å². The highest BCUT2D eigenvalue weighted by Gasteiger charge is 2.35. The molecule has 1 aliphatic rings. The Kier molecular flexibility index (Phi) is 4.59. The van der Waals surface area contributed by atoms with Crippen molar-refractivity contribution >= 4 is 5.84 Å². The SMILES string of the molecule is N/C(=N\O)c1ccc(OC2CCCCC2)cc1C(F)(F)F. The van der Waals surface area contributed by atoms with Gasteiger partial charge in [-0.15, -0.1) is 0 Å². The number of nitrogens with two attached hydrogens (primary N) is 1. The molecule has 3 N–H and O–H groups in total. The Morgan fingerprint density at radius 1 is 1.24 bits per heavy atom. The van der Waals surface area contributed by atoms with E-state index in [0.29, 0.717) is 0 Å². The Balaban J connectivity index is 2.28. The van der Waals surface area contributed by atoms with E-state index in [2.05, 4.69) is 5.16 Å². The van der Waals surface area contributed by atoms with Crippen LogP contribution in [0.3, 0.4) is 0 Å².